The highest BCUT2D eigenvalue weighted by atomic mass is 32.2. The molecule has 10 heteroatoms. The first-order chi connectivity index (χ1) is 14.1. The summed E-state index contributed by atoms with van der Waals surface area (Å²) in [6, 6.07) is 17.0. The minimum atomic E-state index is -0.677. The van der Waals surface area contributed by atoms with Gasteiger partial charge in [-0.05, 0) is 42.1 Å². The third-order valence-electron chi connectivity index (χ3n) is 3.77. The SMILES string of the molecule is O=C(NN=Cc1ccc(Sc2nc3ccccc3s2)o1)c1ccccc1[N+](=O)[O-]. The van der Waals surface area contributed by atoms with E-state index in [9.17, 15) is 14.9 Å². The topological polar surface area (TPSA) is 111 Å². The van der Waals surface area contributed by atoms with Gasteiger partial charge in [0.25, 0.3) is 11.6 Å². The van der Waals surface area contributed by atoms with Crippen molar-refractivity contribution in [3.8, 4) is 0 Å². The average Bonchev–Trinajstić information content (AvgIpc) is 3.34. The van der Waals surface area contributed by atoms with Crippen LogP contribution in [0.4, 0.5) is 5.69 Å². The first-order valence-corrected chi connectivity index (χ1v) is 9.93. The van der Waals surface area contributed by atoms with Gasteiger partial charge in [-0.25, -0.2) is 10.4 Å². The number of amides is 1. The molecule has 2 aromatic carbocycles. The lowest BCUT2D eigenvalue weighted by molar-refractivity contribution is -0.385. The van der Waals surface area contributed by atoms with Crippen molar-refractivity contribution < 1.29 is 14.1 Å². The van der Waals surface area contributed by atoms with Crippen molar-refractivity contribution in [3.63, 3.8) is 0 Å². The number of aromatic nitrogens is 1. The number of benzene rings is 2. The summed E-state index contributed by atoms with van der Waals surface area (Å²) in [6.07, 6.45) is 1.33. The molecule has 4 rings (SSSR count). The highest BCUT2D eigenvalue weighted by Crippen LogP contribution is 2.34. The van der Waals surface area contributed by atoms with Crippen LogP contribution in [-0.4, -0.2) is 22.0 Å². The molecule has 0 aliphatic heterocycles. The van der Waals surface area contributed by atoms with Crippen LogP contribution in [-0.2, 0) is 0 Å². The van der Waals surface area contributed by atoms with E-state index in [-0.39, 0.29) is 11.3 Å². The van der Waals surface area contributed by atoms with Gasteiger partial charge in [0.15, 0.2) is 9.43 Å². The Morgan fingerprint density at radius 1 is 1.17 bits per heavy atom. The Morgan fingerprint density at radius 2 is 1.97 bits per heavy atom. The number of carbonyl (C=O) groups is 1. The molecule has 1 N–H and O–H groups in total. The Balaban J connectivity index is 1.40. The van der Waals surface area contributed by atoms with E-state index in [1.54, 1.807) is 29.5 Å². The Kier molecular flexibility index (Phi) is 5.36. The largest absolute Gasteiger partial charge is 0.448 e. The highest BCUT2D eigenvalue weighted by Gasteiger charge is 2.18. The minimum Gasteiger partial charge on any atom is -0.448 e. The summed E-state index contributed by atoms with van der Waals surface area (Å²) in [4.78, 5) is 27.0. The first kappa shape index (κ1) is 18.8. The Hall–Kier alpha value is -3.50. The zero-order valence-corrected chi connectivity index (χ0v) is 16.3. The molecule has 0 fully saturated rings. The highest BCUT2D eigenvalue weighted by molar-refractivity contribution is 8.01. The molecule has 4 aromatic rings. The Labute approximate surface area is 172 Å². The summed E-state index contributed by atoms with van der Waals surface area (Å²) >= 11 is 2.96. The van der Waals surface area contributed by atoms with E-state index in [2.05, 4.69) is 15.5 Å². The van der Waals surface area contributed by atoms with Gasteiger partial charge in [-0.15, -0.1) is 11.3 Å². The van der Waals surface area contributed by atoms with Gasteiger partial charge in [-0.2, -0.15) is 5.10 Å². The predicted octanol–water partition coefficient (Wildman–Crippen LogP) is 4.71. The quantitative estimate of drug-likeness (QED) is 0.273. The van der Waals surface area contributed by atoms with Crippen LogP contribution in [0.15, 0.2) is 79.6 Å². The fraction of sp³-hybridized carbons (Fsp3) is 0. The zero-order valence-electron chi connectivity index (χ0n) is 14.6. The number of carbonyl (C=O) groups excluding carboxylic acids is 1. The molecule has 0 aliphatic carbocycles. The van der Waals surface area contributed by atoms with Crippen LogP contribution >= 0.6 is 23.1 Å². The predicted molar refractivity (Wildman–Crippen MR) is 111 cm³/mol. The summed E-state index contributed by atoms with van der Waals surface area (Å²) < 4.78 is 7.61. The molecular formula is C19H12N4O4S2. The number of hydrogen-bond acceptors (Lipinski definition) is 8. The second kappa shape index (κ2) is 8.25. The fourth-order valence-corrected chi connectivity index (χ4v) is 4.45. The summed E-state index contributed by atoms with van der Waals surface area (Å²) in [5.41, 5.74) is 2.85. The van der Waals surface area contributed by atoms with Crippen molar-refractivity contribution in [3.05, 3.63) is 82.1 Å². The number of nitrogens with zero attached hydrogens (tertiary/aromatic N) is 3. The van der Waals surface area contributed by atoms with Gasteiger partial charge in [0.05, 0.1) is 21.4 Å². The summed E-state index contributed by atoms with van der Waals surface area (Å²) in [6.45, 7) is 0. The first-order valence-electron chi connectivity index (χ1n) is 8.30. The zero-order chi connectivity index (χ0) is 20.2. The van der Waals surface area contributed by atoms with Crippen LogP contribution in [0.3, 0.4) is 0 Å². The molecule has 0 saturated carbocycles. The monoisotopic (exact) mass is 424 g/mol. The van der Waals surface area contributed by atoms with Crippen LogP contribution in [0.1, 0.15) is 16.1 Å². The molecule has 0 aliphatic rings. The number of furan rings is 1. The smallest absolute Gasteiger partial charge is 0.282 e. The number of fused-ring (bicyclic) bond motifs is 1. The van der Waals surface area contributed by atoms with Crippen molar-refractivity contribution in [2.45, 2.75) is 9.43 Å². The lowest BCUT2D eigenvalue weighted by Crippen LogP contribution is -2.18. The number of rotatable bonds is 6. The Morgan fingerprint density at radius 3 is 2.79 bits per heavy atom. The van der Waals surface area contributed by atoms with Gasteiger partial charge < -0.3 is 4.42 Å². The van der Waals surface area contributed by atoms with Crippen LogP contribution in [0, 0.1) is 10.1 Å². The molecule has 0 saturated heterocycles. The molecule has 0 spiro atoms. The lowest BCUT2D eigenvalue weighted by atomic mass is 10.2. The molecule has 0 unspecified atom stereocenters. The molecule has 2 heterocycles. The van der Waals surface area contributed by atoms with Crippen molar-refractivity contribution in [1.29, 1.82) is 0 Å². The number of thiazole rings is 1. The molecule has 2 aromatic heterocycles. The summed E-state index contributed by atoms with van der Waals surface area (Å²) in [5.74, 6) is -0.249. The number of hydrogen-bond donors (Lipinski definition) is 1. The number of nitrogens with one attached hydrogen (secondary N) is 1. The van der Waals surface area contributed by atoms with Gasteiger partial charge in [0, 0.05) is 6.07 Å². The maximum Gasteiger partial charge on any atom is 0.282 e. The second-order valence-electron chi connectivity index (χ2n) is 5.68. The van der Waals surface area contributed by atoms with Gasteiger partial charge in [0.2, 0.25) is 0 Å². The van der Waals surface area contributed by atoms with Crippen molar-refractivity contribution in [1.82, 2.24) is 10.4 Å². The minimum absolute atomic E-state index is 0.0684. The maximum absolute atomic E-state index is 12.1. The molecule has 0 atom stereocenters. The van der Waals surface area contributed by atoms with E-state index in [4.69, 9.17) is 4.42 Å². The van der Waals surface area contributed by atoms with Gasteiger partial charge in [-0.1, -0.05) is 24.3 Å². The van der Waals surface area contributed by atoms with E-state index in [0.29, 0.717) is 10.9 Å². The molecule has 0 radical (unpaired) electrons. The average molecular weight is 424 g/mol. The van der Waals surface area contributed by atoms with E-state index in [1.807, 2.05) is 24.3 Å². The standard InChI is InChI=1S/C19H12N4O4S2/c24-18(13-5-1-3-7-15(13)23(25)26)22-20-11-12-9-10-17(27-12)29-19-21-14-6-2-4-8-16(14)28-19/h1-11H,(H,22,24). The third-order valence-corrected chi connectivity index (χ3v) is 5.79. The Bertz CT molecular complexity index is 1200. The van der Waals surface area contributed by atoms with Crippen LogP contribution < -0.4 is 5.43 Å². The normalized spacial score (nSPS) is 11.2. The van der Waals surface area contributed by atoms with Crippen LogP contribution in [0.5, 0.6) is 0 Å². The van der Waals surface area contributed by atoms with Crippen molar-refractivity contribution in [2.24, 2.45) is 5.10 Å². The molecule has 8 nitrogen and oxygen atoms in total. The van der Waals surface area contributed by atoms with E-state index in [0.717, 1.165) is 14.6 Å². The van der Waals surface area contributed by atoms with E-state index < -0.39 is 10.8 Å². The van der Waals surface area contributed by atoms with Crippen LogP contribution in [0.2, 0.25) is 0 Å². The third kappa shape index (κ3) is 4.33. The van der Waals surface area contributed by atoms with Crippen molar-refractivity contribution >= 4 is 51.1 Å². The fourth-order valence-electron chi connectivity index (χ4n) is 2.48. The van der Waals surface area contributed by atoms with Gasteiger partial charge in [-0.3, -0.25) is 14.9 Å². The summed E-state index contributed by atoms with van der Waals surface area (Å²) in [7, 11) is 0. The number of hydrazone groups is 1. The molecular weight excluding hydrogens is 412 g/mol. The van der Waals surface area contributed by atoms with Crippen molar-refractivity contribution in [2.75, 3.05) is 0 Å². The van der Waals surface area contributed by atoms with Crippen LogP contribution in [0.25, 0.3) is 10.2 Å². The molecule has 1 amide bonds. The molecule has 144 valence electrons. The maximum atomic E-state index is 12.1. The van der Waals surface area contributed by atoms with E-state index >= 15 is 0 Å². The second-order valence-corrected chi connectivity index (χ2v) is 7.96. The number of nitro benzene ring substituents is 1. The van der Waals surface area contributed by atoms with E-state index in [1.165, 1.54) is 36.2 Å². The van der Waals surface area contributed by atoms with Gasteiger partial charge in [0.1, 0.15) is 11.3 Å². The van der Waals surface area contributed by atoms with Gasteiger partial charge >= 0.3 is 0 Å². The number of para-hydroxylation sites is 2. The molecule has 0 bridgehead atoms. The lowest BCUT2D eigenvalue weighted by Gasteiger charge is -2.00. The molecule has 29 heavy (non-hydrogen) atoms. The summed E-state index contributed by atoms with van der Waals surface area (Å²) in [5, 5.41) is 15.4. The number of nitro groups is 1.